The fourth-order valence-corrected chi connectivity index (χ4v) is 3.66. The summed E-state index contributed by atoms with van der Waals surface area (Å²) < 4.78 is 7.76. The Hall–Kier alpha value is -4.47. The molecule has 0 atom stereocenters. The highest BCUT2D eigenvalue weighted by Gasteiger charge is 2.16. The van der Waals surface area contributed by atoms with Crippen LogP contribution in [0.2, 0.25) is 0 Å². The fraction of sp³-hybridized carbons (Fsp3) is 0.296. The minimum absolute atomic E-state index is 0.0312. The van der Waals surface area contributed by atoms with E-state index in [2.05, 4.69) is 46.6 Å². The van der Waals surface area contributed by atoms with Gasteiger partial charge >= 0.3 is 0 Å². The molecule has 4 N–H and O–H groups in total. The second kappa shape index (κ2) is 10.7. The molecule has 2 aromatic carbocycles. The Balaban J connectivity index is 1.68. The number of ether oxygens (including phenoxy) is 1. The van der Waals surface area contributed by atoms with Crippen LogP contribution in [0.1, 0.15) is 38.1 Å². The van der Waals surface area contributed by atoms with Crippen LogP contribution in [0.5, 0.6) is 5.75 Å². The minimum Gasteiger partial charge on any atom is -0.492 e. The van der Waals surface area contributed by atoms with Crippen LogP contribution in [0.3, 0.4) is 0 Å². The molecule has 0 unspecified atom stereocenters. The average molecular weight is 501 g/mol. The van der Waals surface area contributed by atoms with Crippen LogP contribution in [0, 0.1) is 5.41 Å². The molecule has 0 saturated heterocycles. The molecule has 10 heteroatoms. The van der Waals surface area contributed by atoms with Gasteiger partial charge in [0.2, 0.25) is 11.9 Å². The zero-order chi connectivity index (χ0) is 26.6. The lowest BCUT2D eigenvalue weighted by atomic mass is 9.97. The second-order valence-electron chi connectivity index (χ2n) is 9.85. The third-order valence-electron chi connectivity index (χ3n) is 5.55. The van der Waals surface area contributed by atoms with Crippen LogP contribution in [-0.2, 0) is 7.05 Å². The molecular weight excluding hydrogens is 468 g/mol. The number of carbonyl (C=O) groups excluding carboxylic acids is 1. The summed E-state index contributed by atoms with van der Waals surface area (Å²) in [5, 5.41) is 14.9. The number of primary amides is 1. The van der Waals surface area contributed by atoms with Crippen LogP contribution in [-0.4, -0.2) is 43.8 Å². The van der Waals surface area contributed by atoms with Gasteiger partial charge in [0.05, 0.1) is 12.3 Å². The van der Waals surface area contributed by atoms with Gasteiger partial charge in [-0.05, 0) is 48.2 Å². The Morgan fingerprint density at radius 2 is 1.84 bits per heavy atom. The van der Waals surface area contributed by atoms with Crippen molar-refractivity contribution in [3.8, 4) is 28.3 Å². The van der Waals surface area contributed by atoms with E-state index in [-0.39, 0.29) is 5.41 Å². The van der Waals surface area contributed by atoms with Crippen molar-refractivity contribution < 1.29 is 9.53 Å². The molecule has 0 aliphatic carbocycles. The minimum atomic E-state index is -0.469. The Morgan fingerprint density at radius 3 is 2.46 bits per heavy atom. The number of anilines is 3. The zero-order valence-electron chi connectivity index (χ0n) is 21.7. The van der Waals surface area contributed by atoms with Gasteiger partial charge in [0.1, 0.15) is 17.9 Å². The van der Waals surface area contributed by atoms with Gasteiger partial charge < -0.3 is 25.7 Å². The van der Waals surface area contributed by atoms with Gasteiger partial charge in [-0.2, -0.15) is 4.98 Å². The summed E-state index contributed by atoms with van der Waals surface area (Å²) in [7, 11) is 1.89. The van der Waals surface area contributed by atoms with E-state index in [0.29, 0.717) is 36.2 Å². The molecule has 0 bridgehead atoms. The maximum Gasteiger partial charge on any atom is 0.248 e. The van der Waals surface area contributed by atoms with Gasteiger partial charge in [-0.25, -0.2) is 4.98 Å². The average Bonchev–Trinajstić information content (AvgIpc) is 3.29. The van der Waals surface area contributed by atoms with Gasteiger partial charge in [0, 0.05) is 36.5 Å². The lowest BCUT2D eigenvalue weighted by Crippen LogP contribution is -2.20. The highest BCUT2D eigenvalue weighted by atomic mass is 16.5. The van der Waals surface area contributed by atoms with Crippen LogP contribution in [0.25, 0.3) is 22.5 Å². The fourth-order valence-electron chi connectivity index (χ4n) is 3.66. The number of aromatic nitrogens is 5. The van der Waals surface area contributed by atoms with Crippen molar-refractivity contribution in [2.45, 2.75) is 27.7 Å². The van der Waals surface area contributed by atoms with E-state index >= 15 is 0 Å². The highest BCUT2D eigenvalue weighted by Crippen LogP contribution is 2.33. The number of carbonyl (C=O) groups is 1. The molecule has 0 fully saturated rings. The highest BCUT2D eigenvalue weighted by molar-refractivity contribution is 5.93. The molecule has 0 spiro atoms. The van der Waals surface area contributed by atoms with E-state index in [1.165, 1.54) is 0 Å². The van der Waals surface area contributed by atoms with Crippen LogP contribution >= 0.6 is 0 Å². The third kappa shape index (κ3) is 6.21. The Bertz CT molecular complexity index is 1390. The van der Waals surface area contributed by atoms with Gasteiger partial charge in [-0.15, -0.1) is 10.2 Å². The first-order chi connectivity index (χ1) is 17.6. The van der Waals surface area contributed by atoms with Crippen molar-refractivity contribution in [1.29, 1.82) is 0 Å². The summed E-state index contributed by atoms with van der Waals surface area (Å²) in [5.74, 6) is 2.02. The van der Waals surface area contributed by atoms with Crippen LogP contribution < -0.4 is 21.1 Å². The molecule has 0 aliphatic heterocycles. The predicted molar refractivity (Wildman–Crippen MR) is 145 cm³/mol. The van der Waals surface area contributed by atoms with Gasteiger partial charge in [0.25, 0.3) is 0 Å². The number of nitrogens with two attached hydrogens (primary N) is 1. The molecular formula is C27H32N8O2. The first kappa shape index (κ1) is 25.6. The number of hydrogen-bond donors (Lipinski definition) is 3. The molecule has 4 aromatic rings. The zero-order valence-corrected chi connectivity index (χ0v) is 21.7. The van der Waals surface area contributed by atoms with E-state index in [0.717, 1.165) is 28.2 Å². The molecule has 2 heterocycles. The monoisotopic (exact) mass is 500 g/mol. The number of amides is 1. The first-order valence-corrected chi connectivity index (χ1v) is 12.0. The summed E-state index contributed by atoms with van der Waals surface area (Å²) in [6.07, 6.45) is 3.42. The molecule has 10 nitrogen and oxygen atoms in total. The predicted octanol–water partition coefficient (Wildman–Crippen LogP) is 4.64. The quantitative estimate of drug-likeness (QED) is 0.303. The van der Waals surface area contributed by atoms with Crippen LogP contribution in [0.4, 0.5) is 17.5 Å². The summed E-state index contributed by atoms with van der Waals surface area (Å²) in [5.41, 5.74) is 9.17. The molecule has 192 valence electrons. The SMILES string of the molecule is CCOc1cc(-c2nncn2C)ccc1Nc1ncc(-c2ccc(C(N)=O)cc2)c(NCC(C)(C)C)n1. The number of rotatable bonds is 9. The van der Waals surface area contributed by atoms with Crippen molar-refractivity contribution >= 4 is 23.4 Å². The van der Waals surface area contributed by atoms with Gasteiger partial charge in [0.15, 0.2) is 5.82 Å². The Kier molecular flexibility index (Phi) is 7.37. The summed E-state index contributed by atoms with van der Waals surface area (Å²) >= 11 is 0. The maximum atomic E-state index is 11.5. The summed E-state index contributed by atoms with van der Waals surface area (Å²) in [6, 6.07) is 12.9. The smallest absolute Gasteiger partial charge is 0.248 e. The Morgan fingerprint density at radius 1 is 1.11 bits per heavy atom. The maximum absolute atomic E-state index is 11.5. The van der Waals surface area contributed by atoms with E-state index in [1.807, 2.05) is 48.9 Å². The van der Waals surface area contributed by atoms with Gasteiger partial charge in [-0.3, -0.25) is 4.79 Å². The molecule has 2 aromatic heterocycles. The van der Waals surface area contributed by atoms with Crippen molar-refractivity contribution in [3.63, 3.8) is 0 Å². The molecule has 4 rings (SSSR count). The van der Waals surface area contributed by atoms with Crippen molar-refractivity contribution in [3.05, 3.63) is 60.6 Å². The van der Waals surface area contributed by atoms with Gasteiger partial charge in [-0.1, -0.05) is 32.9 Å². The number of nitrogens with zero attached hydrogens (tertiary/aromatic N) is 5. The second-order valence-corrected chi connectivity index (χ2v) is 9.85. The number of nitrogens with one attached hydrogen (secondary N) is 2. The summed E-state index contributed by atoms with van der Waals surface area (Å²) in [4.78, 5) is 20.8. The van der Waals surface area contributed by atoms with Crippen molar-refractivity contribution in [2.75, 3.05) is 23.8 Å². The molecule has 0 saturated carbocycles. The number of benzene rings is 2. The van der Waals surface area contributed by atoms with Crippen molar-refractivity contribution in [2.24, 2.45) is 18.2 Å². The number of aryl methyl sites for hydroxylation is 1. The van der Waals surface area contributed by atoms with Crippen LogP contribution in [0.15, 0.2) is 55.0 Å². The van der Waals surface area contributed by atoms with E-state index in [9.17, 15) is 4.79 Å². The Labute approximate surface area is 216 Å². The molecule has 1 amide bonds. The lowest BCUT2D eigenvalue weighted by molar-refractivity contribution is 0.100. The standard InChI is InChI=1S/C27H32N8O2/c1-6-37-22-13-19(25-34-31-16-35(25)5)11-12-21(22)32-26-29-14-20(24(33-26)30-15-27(2,3)4)17-7-9-18(10-8-17)23(28)36/h7-14,16H,6,15H2,1-5H3,(H2,28,36)(H2,29,30,32,33). The first-order valence-electron chi connectivity index (χ1n) is 12.0. The lowest BCUT2D eigenvalue weighted by Gasteiger charge is -2.21. The molecule has 37 heavy (non-hydrogen) atoms. The molecule has 0 radical (unpaired) electrons. The van der Waals surface area contributed by atoms with E-state index in [4.69, 9.17) is 15.5 Å². The summed E-state index contributed by atoms with van der Waals surface area (Å²) in [6.45, 7) is 9.57. The largest absolute Gasteiger partial charge is 0.492 e. The third-order valence-corrected chi connectivity index (χ3v) is 5.55. The van der Waals surface area contributed by atoms with Crippen molar-refractivity contribution in [1.82, 2.24) is 24.7 Å². The number of hydrogen-bond acceptors (Lipinski definition) is 8. The molecule has 0 aliphatic rings. The topological polar surface area (TPSA) is 133 Å². The van der Waals surface area contributed by atoms with E-state index < -0.39 is 5.91 Å². The normalized spacial score (nSPS) is 11.3. The van der Waals surface area contributed by atoms with E-state index in [1.54, 1.807) is 24.7 Å².